The summed E-state index contributed by atoms with van der Waals surface area (Å²) in [6.45, 7) is 12.4. The number of piperidine rings is 1. The van der Waals surface area contributed by atoms with Crippen LogP contribution in [0.3, 0.4) is 0 Å². The maximum atomic E-state index is 13.0. The summed E-state index contributed by atoms with van der Waals surface area (Å²) < 4.78 is 5.98. The van der Waals surface area contributed by atoms with Gasteiger partial charge in [0.05, 0.1) is 5.56 Å². The molecule has 4 nitrogen and oxygen atoms in total. The van der Waals surface area contributed by atoms with Crippen LogP contribution in [0.15, 0.2) is 42.5 Å². The zero-order valence-electron chi connectivity index (χ0n) is 17.5. The van der Waals surface area contributed by atoms with Crippen LogP contribution >= 0.6 is 0 Å². The fourth-order valence-electron chi connectivity index (χ4n) is 4.36. The molecule has 0 saturated carbocycles. The highest BCUT2D eigenvalue weighted by molar-refractivity contribution is 5.90. The van der Waals surface area contributed by atoms with Crippen molar-refractivity contribution in [2.75, 3.05) is 0 Å². The van der Waals surface area contributed by atoms with Gasteiger partial charge in [0.15, 0.2) is 0 Å². The maximum absolute atomic E-state index is 13.0. The van der Waals surface area contributed by atoms with E-state index < -0.39 is 0 Å². The first-order valence-electron chi connectivity index (χ1n) is 9.96. The number of carbonyl (C=O) groups is 2. The van der Waals surface area contributed by atoms with Gasteiger partial charge in [-0.1, -0.05) is 45.0 Å². The smallest absolute Gasteiger partial charge is 0.338 e. The van der Waals surface area contributed by atoms with Crippen molar-refractivity contribution in [2.24, 2.45) is 5.92 Å². The van der Waals surface area contributed by atoms with Crippen LogP contribution in [-0.2, 0) is 9.53 Å². The van der Waals surface area contributed by atoms with Crippen molar-refractivity contribution in [2.45, 2.75) is 78.0 Å². The number of likely N-dealkylation sites (tertiary alicyclic amines) is 1. The minimum Gasteiger partial charge on any atom is -0.458 e. The van der Waals surface area contributed by atoms with Gasteiger partial charge in [-0.2, -0.15) is 0 Å². The molecule has 0 bridgehead atoms. The summed E-state index contributed by atoms with van der Waals surface area (Å²) in [5, 5.41) is 0. The Morgan fingerprint density at radius 3 is 2.33 bits per heavy atom. The van der Waals surface area contributed by atoms with E-state index in [1.165, 1.54) is 0 Å². The van der Waals surface area contributed by atoms with E-state index in [-0.39, 0.29) is 35.0 Å². The molecule has 0 aliphatic carbocycles. The van der Waals surface area contributed by atoms with Gasteiger partial charge in [-0.25, -0.2) is 4.79 Å². The molecule has 4 heteroatoms. The van der Waals surface area contributed by atoms with Crippen molar-refractivity contribution in [3.05, 3.63) is 48.0 Å². The lowest BCUT2D eigenvalue weighted by atomic mass is 9.67. The molecule has 27 heavy (non-hydrogen) atoms. The predicted octanol–water partition coefficient (Wildman–Crippen LogP) is 4.99. The number of hydrogen-bond donors (Lipinski definition) is 0. The fourth-order valence-corrected chi connectivity index (χ4v) is 4.36. The molecule has 4 atom stereocenters. The third kappa shape index (κ3) is 3.95. The number of benzene rings is 1. The fraction of sp³-hybridized carbons (Fsp3) is 0.565. The van der Waals surface area contributed by atoms with Gasteiger partial charge in [-0.15, -0.1) is 0 Å². The number of rotatable bonds is 5. The van der Waals surface area contributed by atoms with Crippen molar-refractivity contribution in [3.63, 3.8) is 0 Å². The molecule has 1 aliphatic rings. The highest BCUT2D eigenvalue weighted by Gasteiger charge is 2.55. The number of hydrogen-bond acceptors (Lipinski definition) is 3. The first-order chi connectivity index (χ1) is 12.7. The van der Waals surface area contributed by atoms with E-state index in [1.54, 1.807) is 24.3 Å². The van der Waals surface area contributed by atoms with Crippen LogP contribution in [0.2, 0.25) is 0 Å². The number of ether oxygens (including phenoxy) is 1. The Balaban J connectivity index is 2.38. The molecule has 1 amide bonds. The van der Waals surface area contributed by atoms with Gasteiger partial charge in [-0.3, -0.25) is 4.79 Å². The monoisotopic (exact) mass is 371 g/mol. The second-order valence-electron chi connectivity index (χ2n) is 8.04. The molecule has 0 N–H and O–H groups in total. The Bertz CT molecular complexity index is 699. The standard InChI is InChI=1S/C23H33NO3/c1-7-13-20(25)24-22(5,8-2)16-19(17(4)23(24,6)9-3)27-21(26)18-14-11-10-12-15-18/h7,10-15,17,19H,8-9,16H2,1-6H3. The van der Waals surface area contributed by atoms with Crippen molar-refractivity contribution < 1.29 is 14.3 Å². The van der Waals surface area contributed by atoms with E-state index in [1.807, 2.05) is 30.0 Å². The molecule has 1 aromatic carbocycles. The molecule has 1 saturated heterocycles. The summed E-state index contributed by atoms with van der Waals surface area (Å²) in [6, 6.07) is 9.11. The van der Waals surface area contributed by atoms with Crippen molar-refractivity contribution >= 4 is 11.9 Å². The predicted molar refractivity (Wildman–Crippen MR) is 108 cm³/mol. The number of amides is 1. The number of nitrogens with zero attached hydrogens (tertiary/aromatic N) is 1. The second kappa shape index (κ2) is 8.28. The summed E-state index contributed by atoms with van der Waals surface area (Å²) >= 11 is 0. The van der Waals surface area contributed by atoms with Crippen LogP contribution < -0.4 is 0 Å². The van der Waals surface area contributed by atoms with Crippen molar-refractivity contribution in [1.29, 1.82) is 0 Å². The summed E-state index contributed by atoms with van der Waals surface area (Å²) in [6.07, 6.45) is 5.44. The molecule has 1 heterocycles. The SMILES string of the molecule is CC=CC(=O)N1C(C)(CC)CC(OC(=O)c2ccccc2)C(C)C1(C)CC. The van der Waals surface area contributed by atoms with E-state index in [9.17, 15) is 9.59 Å². The molecule has 0 aromatic heterocycles. The molecule has 148 valence electrons. The highest BCUT2D eigenvalue weighted by atomic mass is 16.5. The molecule has 4 unspecified atom stereocenters. The minimum atomic E-state index is -0.388. The van der Waals surface area contributed by atoms with Gasteiger partial charge in [0.2, 0.25) is 5.91 Å². The van der Waals surface area contributed by atoms with Crippen LogP contribution in [0.4, 0.5) is 0 Å². The molecule has 1 aromatic rings. The van der Waals surface area contributed by atoms with Gasteiger partial charge in [-0.05, 0) is 51.8 Å². The third-order valence-corrected chi connectivity index (χ3v) is 6.51. The maximum Gasteiger partial charge on any atom is 0.338 e. The lowest BCUT2D eigenvalue weighted by molar-refractivity contribution is -0.166. The van der Waals surface area contributed by atoms with E-state index in [0.29, 0.717) is 12.0 Å². The second-order valence-corrected chi connectivity index (χ2v) is 8.04. The van der Waals surface area contributed by atoms with Gasteiger partial charge in [0, 0.05) is 23.4 Å². The summed E-state index contributed by atoms with van der Waals surface area (Å²) in [5.41, 5.74) is -0.190. The van der Waals surface area contributed by atoms with Crippen LogP contribution in [0.5, 0.6) is 0 Å². The Morgan fingerprint density at radius 2 is 1.81 bits per heavy atom. The third-order valence-electron chi connectivity index (χ3n) is 6.51. The van der Waals surface area contributed by atoms with Crippen LogP contribution in [0.1, 0.15) is 71.2 Å². The largest absolute Gasteiger partial charge is 0.458 e. The first kappa shape index (κ1) is 21.2. The lowest BCUT2D eigenvalue weighted by Gasteiger charge is -2.60. The topological polar surface area (TPSA) is 46.6 Å². The molecule has 0 spiro atoms. The van der Waals surface area contributed by atoms with Crippen LogP contribution in [0, 0.1) is 5.92 Å². The van der Waals surface area contributed by atoms with E-state index in [2.05, 4.69) is 34.6 Å². The van der Waals surface area contributed by atoms with Gasteiger partial charge in [0.1, 0.15) is 6.10 Å². The summed E-state index contributed by atoms with van der Waals surface area (Å²) in [7, 11) is 0. The average Bonchev–Trinajstić information content (AvgIpc) is 2.66. The Kier molecular flexibility index (Phi) is 6.50. The highest BCUT2D eigenvalue weighted by Crippen LogP contribution is 2.47. The number of carbonyl (C=O) groups excluding carboxylic acids is 2. The molecule has 1 fully saturated rings. The van der Waals surface area contributed by atoms with E-state index in [0.717, 1.165) is 12.8 Å². The zero-order chi connectivity index (χ0) is 20.2. The molecule has 0 radical (unpaired) electrons. The van der Waals surface area contributed by atoms with E-state index in [4.69, 9.17) is 4.74 Å². The van der Waals surface area contributed by atoms with Crippen LogP contribution in [0.25, 0.3) is 0 Å². The Morgan fingerprint density at radius 1 is 1.19 bits per heavy atom. The molecule has 2 rings (SSSR count). The number of esters is 1. The first-order valence-corrected chi connectivity index (χ1v) is 9.96. The average molecular weight is 372 g/mol. The zero-order valence-corrected chi connectivity index (χ0v) is 17.5. The van der Waals surface area contributed by atoms with Crippen molar-refractivity contribution in [3.8, 4) is 0 Å². The normalized spacial score (nSPS) is 31.1. The summed E-state index contributed by atoms with van der Waals surface area (Å²) in [4.78, 5) is 27.7. The lowest BCUT2D eigenvalue weighted by Crippen LogP contribution is -2.69. The molecular weight excluding hydrogens is 338 g/mol. The van der Waals surface area contributed by atoms with Gasteiger partial charge in [0.25, 0.3) is 0 Å². The van der Waals surface area contributed by atoms with Gasteiger partial charge < -0.3 is 9.64 Å². The molecule has 1 aliphatic heterocycles. The minimum absolute atomic E-state index is 0.0315. The van der Waals surface area contributed by atoms with Crippen molar-refractivity contribution in [1.82, 2.24) is 4.90 Å². The quantitative estimate of drug-likeness (QED) is 0.541. The number of allylic oxidation sites excluding steroid dienone is 1. The Labute approximate surface area is 163 Å². The Hall–Kier alpha value is -2.10. The molecular formula is C23H33NO3. The van der Waals surface area contributed by atoms with E-state index >= 15 is 0 Å². The summed E-state index contributed by atoms with van der Waals surface area (Å²) in [5.74, 6) is -0.229. The van der Waals surface area contributed by atoms with Crippen LogP contribution in [-0.4, -0.2) is 34.0 Å². The van der Waals surface area contributed by atoms with Gasteiger partial charge >= 0.3 is 5.97 Å².